The molecular weight excluding hydrogens is 356 g/mol. The molecule has 0 radical (unpaired) electrons. The van der Waals surface area contributed by atoms with Crippen LogP contribution in [-0.2, 0) is 0 Å². The number of aromatic nitrogens is 1. The number of nitrogens with zero attached hydrogens (tertiary/aromatic N) is 4. The highest BCUT2D eigenvalue weighted by atomic mass is 16.5. The van der Waals surface area contributed by atoms with E-state index in [1.54, 1.807) is 37.7 Å². The molecule has 144 valence electrons. The SMILES string of the molecule is COc1c(OC(C)C)ccc2c1N=C(/C=C(\O)c1cccnc1)N1CCN=C21. The molecule has 2 aliphatic rings. The Labute approximate surface area is 163 Å². The Morgan fingerprint density at radius 2 is 2.14 bits per heavy atom. The second-order valence-corrected chi connectivity index (χ2v) is 6.76. The predicted octanol–water partition coefficient (Wildman–Crippen LogP) is 3.58. The number of aliphatic hydroxyl groups excluding tert-OH is 1. The number of rotatable bonds is 5. The van der Waals surface area contributed by atoms with Crippen molar-refractivity contribution in [3.8, 4) is 11.5 Å². The van der Waals surface area contributed by atoms with Crippen LogP contribution in [0.2, 0.25) is 0 Å². The monoisotopic (exact) mass is 378 g/mol. The van der Waals surface area contributed by atoms with E-state index < -0.39 is 0 Å². The summed E-state index contributed by atoms with van der Waals surface area (Å²) in [6.07, 6.45) is 4.92. The Bertz CT molecular complexity index is 981. The van der Waals surface area contributed by atoms with Crippen molar-refractivity contribution in [3.63, 3.8) is 0 Å². The highest BCUT2D eigenvalue weighted by Crippen LogP contribution is 2.43. The molecule has 7 nitrogen and oxygen atoms in total. The molecule has 0 saturated carbocycles. The number of methoxy groups -OCH3 is 1. The largest absolute Gasteiger partial charge is 0.507 e. The quantitative estimate of drug-likeness (QED) is 0.805. The van der Waals surface area contributed by atoms with E-state index in [0.29, 0.717) is 41.7 Å². The fourth-order valence-electron chi connectivity index (χ4n) is 3.29. The summed E-state index contributed by atoms with van der Waals surface area (Å²) in [5, 5.41) is 10.6. The molecule has 1 N–H and O–H groups in total. The second-order valence-electron chi connectivity index (χ2n) is 6.76. The lowest BCUT2D eigenvalue weighted by Gasteiger charge is -2.27. The van der Waals surface area contributed by atoms with Gasteiger partial charge in [-0.1, -0.05) is 0 Å². The lowest BCUT2D eigenvalue weighted by atomic mass is 10.1. The molecule has 7 heteroatoms. The molecule has 0 amide bonds. The van der Waals surface area contributed by atoms with Crippen LogP contribution in [0.4, 0.5) is 5.69 Å². The normalized spacial score (nSPS) is 15.7. The molecule has 0 spiro atoms. The maximum Gasteiger partial charge on any atom is 0.187 e. The molecule has 0 saturated heterocycles. The smallest absolute Gasteiger partial charge is 0.187 e. The molecule has 1 aromatic carbocycles. The van der Waals surface area contributed by atoms with Gasteiger partial charge in [0.15, 0.2) is 11.5 Å². The fraction of sp³-hybridized carbons (Fsp3) is 0.286. The van der Waals surface area contributed by atoms with Gasteiger partial charge in [-0.3, -0.25) is 9.98 Å². The Balaban J connectivity index is 1.84. The van der Waals surface area contributed by atoms with Gasteiger partial charge in [-0.15, -0.1) is 0 Å². The number of aliphatic hydroxyl groups is 1. The average molecular weight is 378 g/mol. The van der Waals surface area contributed by atoms with E-state index in [2.05, 4.69) is 9.98 Å². The van der Waals surface area contributed by atoms with Crippen molar-refractivity contribution in [1.29, 1.82) is 0 Å². The van der Waals surface area contributed by atoms with Crippen molar-refractivity contribution in [2.24, 2.45) is 9.98 Å². The van der Waals surface area contributed by atoms with Gasteiger partial charge >= 0.3 is 0 Å². The van der Waals surface area contributed by atoms with Crippen LogP contribution in [0.5, 0.6) is 11.5 Å². The first-order valence-corrected chi connectivity index (χ1v) is 9.18. The number of hydrogen-bond acceptors (Lipinski definition) is 7. The van der Waals surface area contributed by atoms with E-state index >= 15 is 0 Å². The van der Waals surface area contributed by atoms with Crippen LogP contribution in [0.15, 0.2) is 52.7 Å². The third-order valence-corrected chi connectivity index (χ3v) is 4.47. The zero-order valence-electron chi connectivity index (χ0n) is 16.1. The summed E-state index contributed by atoms with van der Waals surface area (Å²) in [7, 11) is 1.60. The molecular formula is C21H22N4O3. The topological polar surface area (TPSA) is 79.5 Å². The second kappa shape index (κ2) is 7.34. The zero-order chi connectivity index (χ0) is 19.7. The number of hydrogen-bond donors (Lipinski definition) is 1. The van der Waals surface area contributed by atoms with Crippen molar-refractivity contribution in [2.45, 2.75) is 20.0 Å². The molecule has 0 aliphatic carbocycles. The van der Waals surface area contributed by atoms with Crippen molar-refractivity contribution in [3.05, 3.63) is 53.9 Å². The summed E-state index contributed by atoms with van der Waals surface area (Å²) in [4.78, 5) is 15.5. The minimum atomic E-state index is 0.00818. The Kier molecular flexibility index (Phi) is 4.73. The van der Waals surface area contributed by atoms with Crippen LogP contribution in [0.25, 0.3) is 5.76 Å². The van der Waals surface area contributed by atoms with E-state index in [0.717, 1.165) is 11.4 Å². The van der Waals surface area contributed by atoms with Gasteiger partial charge in [0.1, 0.15) is 23.1 Å². The van der Waals surface area contributed by atoms with Gasteiger partial charge < -0.3 is 19.5 Å². The summed E-state index contributed by atoms with van der Waals surface area (Å²) < 4.78 is 11.5. The number of benzene rings is 1. The zero-order valence-corrected chi connectivity index (χ0v) is 16.1. The van der Waals surface area contributed by atoms with Crippen LogP contribution in [0.3, 0.4) is 0 Å². The number of amidine groups is 2. The van der Waals surface area contributed by atoms with Gasteiger partial charge in [0.25, 0.3) is 0 Å². The molecule has 0 bridgehead atoms. The minimum Gasteiger partial charge on any atom is -0.507 e. The molecule has 4 rings (SSSR count). The summed E-state index contributed by atoms with van der Waals surface area (Å²) in [5.41, 5.74) is 2.17. The summed E-state index contributed by atoms with van der Waals surface area (Å²) in [6, 6.07) is 7.42. The molecule has 0 unspecified atom stereocenters. The van der Waals surface area contributed by atoms with Crippen LogP contribution < -0.4 is 9.47 Å². The van der Waals surface area contributed by atoms with Gasteiger partial charge in [0.05, 0.1) is 19.8 Å². The first kappa shape index (κ1) is 18.0. The van der Waals surface area contributed by atoms with Gasteiger partial charge in [0, 0.05) is 36.1 Å². The number of aliphatic imine (C=N–C) groups is 2. The van der Waals surface area contributed by atoms with E-state index in [9.17, 15) is 5.11 Å². The summed E-state index contributed by atoms with van der Waals surface area (Å²) in [5.74, 6) is 2.71. The Morgan fingerprint density at radius 1 is 1.29 bits per heavy atom. The minimum absolute atomic E-state index is 0.00818. The lowest BCUT2D eigenvalue weighted by Crippen LogP contribution is -2.36. The van der Waals surface area contributed by atoms with Crippen molar-refractivity contribution in [2.75, 3.05) is 20.2 Å². The van der Waals surface area contributed by atoms with E-state index in [4.69, 9.17) is 14.5 Å². The molecule has 0 fully saturated rings. The molecule has 2 aliphatic heterocycles. The molecule has 2 aromatic rings. The number of ether oxygens (including phenoxy) is 2. The average Bonchev–Trinajstić information content (AvgIpc) is 3.18. The Morgan fingerprint density at radius 3 is 2.86 bits per heavy atom. The third kappa shape index (κ3) is 3.19. The number of pyridine rings is 1. The van der Waals surface area contributed by atoms with Crippen LogP contribution in [0, 0.1) is 0 Å². The summed E-state index contributed by atoms with van der Waals surface area (Å²) in [6.45, 7) is 5.30. The molecule has 0 atom stereocenters. The maximum atomic E-state index is 10.6. The summed E-state index contributed by atoms with van der Waals surface area (Å²) >= 11 is 0. The van der Waals surface area contributed by atoms with Crippen molar-refractivity contribution >= 4 is 23.1 Å². The number of fused-ring (bicyclic) bond motifs is 3. The van der Waals surface area contributed by atoms with E-state index in [1.165, 1.54) is 0 Å². The molecule has 3 heterocycles. The molecule has 1 aromatic heterocycles. The standard InChI is InChI=1S/C21H22N4O3/c1-13(2)28-17-7-6-15-19(20(17)27-3)24-18(25-10-9-23-21(15)25)11-16(26)14-5-4-8-22-12-14/h4-8,11-13,26H,9-10H2,1-3H3/b16-11-. The van der Waals surface area contributed by atoms with E-state index in [-0.39, 0.29) is 11.9 Å². The van der Waals surface area contributed by atoms with Gasteiger partial charge in [0.2, 0.25) is 0 Å². The van der Waals surface area contributed by atoms with Gasteiger partial charge in [-0.05, 0) is 38.1 Å². The Hall–Kier alpha value is -3.35. The maximum absolute atomic E-state index is 10.6. The van der Waals surface area contributed by atoms with Gasteiger partial charge in [-0.2, -0.15) is 0 Å². The van der Waals surface area contributed by atoms with Crippen molar-refractivity contribution in [1.82, 2.24) is 9.88 Å². The first-order chi connectivity index (χ1) is 13.6. The third-order valence-electron chi connectivity index (χ3n) is 4.47. The van der Waals surface area contributed by atoms with Crippen molar-refractivity contribution < 1.29 is 14.6 Å². The fourth-order valence-corrected chi connectivity index (χ4v) is 3.29. The highest BCUT2D eigenvalue weighted by Gasteiger charge is 2.32. The van der Waals surface area contributed by atoms with Crippen LogP contribution >= 0.6 is 0 Å². The lowest BCUT2D eigenvalue weighted by molar-refractivity contribution is 0.230. The van der Waals surface area contributed by atoms with Crippen LogP contribution in [0.1, 0.15) is 25.0 Å². The van der Waals surface area contributed by atoms with Crippen LogP contribution in [-0.4, -0.2) is 53.0 Å². The van der Waals surface area contributed by atoms with Gasteiger partial charge in [-0.25, -0.2) is 4.99 Å². The molecule has 28 heavy (non-hydrogen) atoms. The predicted molar refractivity (Wildman–Crippen MR) is 109 cm³/mol. The van der Waals surface area contributed by atoms with E-state index in [1.807, 2.05) is 30.9 Å². The highest BCUT2D eigenvalue weighted by molar-refractivity contribution is 6.20. The first-order valence-electron chi connectivity index (χ1n) is 9.18.